The van der Waals surface area contributed by atoms with Crippen LogP contribution < -0.4 is 4.74 Å². The molecule has 0 aliphatic carbocycles. The van der Waals surface area contributed by atoms with Crippen LogP contribution in [-0.4, -0.2) is 36.1 Å². The number of aromatic nitrogens is 1. The maximum Gasteiger partial charge on any atom is 0.269 e. The Balaban J connectivity index is 2.12. The number of rotatable bonds is 8. The number of Topliss-reactive ketones (excluding diaryl/α,β-unsaturated/α-hetero) is 1. The molecule has 0 saturated heterocycles. The zero-order valence-electron chi connectivity index (χ0n) is 16.7. The number of carbonyl (C=O) groups is 1. The number of azo groups is 1. The molecule has 0 aliphatic rings. The number of carbonyl (C=O) groups excluding carboxylic acids is 1. The van der Waals surface area contributed by atoms with Crippen molar-refractivity contribution in [2.24, 2.45) is 17.3 Å². The van der Waals surface area contributed by atoms with Gasteiger partial charge >= 0.3 is 0 Å². The molecule has 0 saturated carbocycles. The smallest absolute Gasteiger partial charge is 0.269 e. The first-order valence-electron chi connectivity index (χ1n) is 8.98. The molecule has 3 aromatic rings. The summed E-state index contributed by atoms with van der Waals surface area (Å²) in [6.45, 7) is -0.112. The summed E-state index contributed by atoms with van der Waals surface area (Å²) in [6, 6.07) is 15.1. The molecule has 9 heteroatoms. The van der Waals surface area contributed by atoms with Crippen molar-refractivity contribution in [3.8, 4) is 17.0 Å². The number of hydrogen-bond acceptors (Lipinski definition) is 7. The van der Waals surface area contributed by atoms with Crippen LogP contribution in [0.3, 0.4) is 0 Å². The predicted octanol–water partition coefficient (Wildman–Crippen LogP) is 4.85. The van der Waals surface area contributed by atoms with Gasteiger partial charge in [0.25, 0.3) is 5.69 Å². The molecular weight excluding hydrogens is 388 g/mol. The lowest BCUT2D eigenvalue weighted by atomic mass is 10.0. The molecular formula is C21H20N4O5. The van der Waals surface area contributed by atoms with Crippen molar-refractivity contribution < 1.29 is 19.2 Å². The number of ether oxygens (including phenoxy) is 2. The van der Waals surface area contributed by atoms with Gasteiger partial charge in [-0.25, -0.2) is 0 Å². The van der Waals surface area contributed by atoms with Crippen LogP contribution in [0.15, 0.2) is 64.8 Å². The zero-order chi connectivity index (χ0) is 21.7. The van der Waals surface area contributed by atoms with Gasteiger partial charge in [-0.15, -0.1) is 10.2 Å². The molecule has 0 spiro atoms. The van der Waals surface area contributed by atoms with Gasteiger partial charge in [-0.05, 0) is 17.7 Å². The minimum Gasteiger partial charge on any atom is -0.492 e. The third-order valence-electron chi connectivity index (χ3n) is 4.45. The highest BCUT2D eigenvalue weighted by Gasteiger charge is 2.28. The van der Waals surface area contributed by atoms with Crippen LogP contribution >= 0.6 is 0 Å². The maximum atomic E-state index is 12.8. The van der Waals surface area contributed by atoms with E-state index in [1.165, 1.54) is 38.5 Å². The fourth-order valence-corrected chi connectivity index (χ4v) is 3.09. The fourth-order valence-electron chi connectivity index (χ4n) is 3.09. The Bertz CT molecular complexity index is 1090. The number of non-ortho nitro benzene ring substituents is 1. The van der Waals surface area contributed by atoms with Crippen LogP contribution in [0.1, 0.15) is 10.4 Å². The van der Waals surface area contributed by atoms with E-state index in [0.717, 1.165) is 5.56 Å². The lowest BCUT2D eigenvalue weighted by Gasteiger charge is -2.07. The van der Waals surface area contributed by atoms with Crippen LogP contribution in [0.25, 0.3) is 11.3 Å². The Morgan fingerprint density at radius 2 is 1.73 bits per heavy atom. The zero-order valence-corrected chi connectivity index (χ0v) is 16.7. The van der Waals surface area contributed by atoms with Crippen molar-refractivity contribution in [3.05, 3.63) is 70.3 Å². The van der Waals surface area contributed by atoms with Gasteiger partial charge in [-0.1, -0.05) is 30.3 Å². The molecule has 0 atom stereocenters. The van der Waals surface area contributed by atoms with Gasteiger partial charge in [-0.2, -0.15) is 0 Å². The summed E-state index contributed by atoms with van der Waals surface area (Å²) in [4.78, 5) is 23.1. The summed E-state index contributed by atoms with van der Waals surface area (Å²) < 4.78 is 12.3. The largest absolute Gasteiger partial charge is 0.492 e. The first kappa shape index (κ1) is 20.9. The summed E-state index contributed by atoms with van der Waals surface area (Å²) in [7, 11) is 4.67. The standard InChI is InChI=1S/C21H20N4O5/c1-24-19(14-7-5-4-6-8-14)18(17(26)13-29-2)20(30-3)21(24)23-22-15-9-11-16(12-10-15)25(27)28/h4-12H,13H2,1-3H3. The van der Waals surface area contributed by atoms with Crippen molar-refractivity contribution in [2.45, 2.75) is 0 Å². The average molecular weight is 408 g/mol. The van der Waals surface area contributed by atoms with Crippen molar-refractivity contribution in [1.82, 2.24) is 4.57 Å². The first-order chi connectivity index (χ1) is 14.5. The molecule has 0 amide bonds. The number of nitro groups is 1. The van der Waals surface area contributed by atoms with Gasteiger partial charge in [0.2, 0.25) is 0 Å². The second kappa shape index (κ2) is 9.10. The van der Waals surface area contributed by atoms with E-state index in [9.17, 15) is 14.9 Å². The highest BCUT2D eigenvalue weighted by Crippen LogP contribution is 2.42. The van der Waals surface area contributed by atoms with Crippen molar-refractivity contribution >= 4 is 23.0 Å². The van der Waals surface area contributed by atoms with Gasteiger partial charge in [-0.3, -0.25) is 14.9 Å². The average Bonchev–Trinajstić information content (AvgIpc) is 3.04. The monoisotopic (exact) mass is 408 g/mol. The molecule has 1 aromatic heterocycles. The van der Waals surface area contributed by atoms with Gasteiger partial charge in [0, 0.05) is 26.3 Å². The van der Waals surface area contributed by atoms with Gasteiger partial charge in [0.05, 0.1) is 29.0 Å². The van der Waals surface area contributed by atoms with Crippen LogP contribution in [0.5, 0.6) is 5.75 Å². The second-order valence-corrected chi connectivity index (χ2v) is 6.34. The molecule has 0 radical (unpaired) electrons. The molecule has 0 fully saturated rings. The van der Waals surface area contributed by atoms with Crippen molar-refractivity contribution in [3.63, 3.8) is 0 Å². The van der Waals surface area contributed by atoms with E-state index >= 15 is 0 Å². The summed E-state index contributed by atoms with van der Waals surface area (Å²) in [6.07, 6.45) is 0. The number of nitro benzene ring substituents is 1. The van der Waals surface area contributed by atoms with E-state index in [1.54, 1.807) is 11.6 Å². The Kier molecular flexibility index (Phi) is 6.33. The third kappa shape index (κ3) is 4.11. The fraction of sp³-hybridized carbons (Fsp3) is 0.190. The molecule has 30 heavy (non-hydrogen) atoms. The molecule has 0 aliphatic heterocycles. The van der Waals surface area contributed by atoms with Gasteiger partial charge in [0.15, 0.2) is 17.4 Å². The number of hydrogen-bond donors (Lipinski definition) is 0. The minimum absolute atomic E-state index is 0.0378. The topological polar surface area (TPSA) is 108 Å². The van der Waals surface area contributed by atoms with E-state index in [2.05, 4.69) is 10.2 Å². The van der Waals surface area contributed by atoms with Crippen molar-refractivity contribution in [1.29, 1.82) is 0 Å². The summed E-state index contributed by atoms with van der Waals surface area (Å²) >= 11 is 0. The molecule has 0 N–H and O–H groups in total. The summed E-state index contributed by atoms with van der Waals surface area (Å²) in [5.41, 5.74) is 2.19. The van der Waals surface area contributed by atoms with Gasteiger partial charge in [0.1, 0.15) is 6.61 Å². The van der Waals surface area contributed by atoms with E-state index in [1.807, 2.05) is 30.3 Å². The molecule has 2 aromatic carbocycles. The van der Waals surface area contributed by atoms with Crippen molar-refractivity contribution in [2.75, 3.05) is 20.8 Å². The number of ketones is 1. The molecule has 3 rings (SSSR count). The highest BCUT2D eigenvalue weighted by molar-refractivity contribution is 6.07. The summed E-state index contributed by atoms with van der Waals surface area (Å²) in [5, 5.41) is 19.2. The van der Waals surface area contributed by atoms with E-state index in [-0.39, 0.29) is 23.8 Å². The Hall–Kier alpha value is -3.85. The Morgan fingerprint density at radius 3 is 2.30 bits per heavy atom. The predicted molar refractivity (Wildman–Crippen MR) is 111 cm³/mol. The quantitative estimate of drug-likeness (QED) is 0.229. The van der Waals surface area contributed by atoms with Crippen LogP contribution in [0.4, 0.5) is 17.2 Å². The van der Waals surface area contributed by atoms with Crippen LogP contribution in [0, 0.1) is 10.1 Å². The summed E-state index contributed by atoms with van der Waals surface area (Å²) in [5.74, 6) is 0.374. The lowest BCUT2D eigenvalue weighted by Crippen LogP contribution is -2.09. The Labute approximate surface area is 172 Å². The molecule has 0 unspecified atom stereocenters. The Morgan fingerprint density at radius 1 is 1.07 bits per heavy atom. The van der Waals surface area contributed by atoms with Crippen LogP contribution in [-0.2, 0) is 11.8 Å². The third-order valence-corrected chi connectivity index (χ3v) is 4.45. The molecule has 154 valence electrons. The number of benzene rings is 2. The van der Waals surface area contributed by atoms with Crippen LogP contribution in [0.2, 0.25) is 0 Å². The van der Waals surface area contributed by atoms with E-state index < -0.39 is 4.92 Å². The minimum atomic E-state index is -0.485. The molecule has 1 heterocycles. The normalized spacial score (nSPS) is 11.0. The molecule has 9 nitrogen and oxygen atoms in total. The maximum absolute atomic E-state index is 12.8. The second-order valence-electron chi connectivity index (χ2n) is 6.34. The highest BCUT2D eigenvalue weighted by atomic mass is 16.6. The molecule has 0 bridgehead atoms. The number of nitrogens with zero attached hydrogens (tertiary/aromatic N) is 4. The van der Waals surface area contributed by atoms with E-state index in [0.29, 0.717) is 22.8 Å². The van der Waals surface area contributed by atoms with Gasteiger partial charge < -0.3 is 14.0 Å². The lowest BCUT2D eigenvalue weighted by molar-refractivity contribution is -0.384. The first-order valence-corrected chi connectivity index (χ1v) is 8.98. The van der Waals surface area contributed by atoms with E-state index in [4.69, 9.17) is 9.47 Å². The SMILES string of the molecule is COCC(=O)c1c(OC)c(N=Nc2ccc([N+](=O)[O-])cc2)n(C)c1-c1ccccc1. The number of methoxy groups -OCH3 is 2.